The Labute approximate surface area is 161 Å². The molecule has 0 spiro atoms. The molecule has 3 rings (SSSR count). The SMILES string of the molecule is COCCCN1C(=O)c2ccc(C(=O)NC(C)c3csc(C)n3)cc2C1=O. The summed E-state index contributed by atoms with van der Waals surface area (Å²) in [5.74, 6) is -1.01. The van der Waals surface area contributed by atoms with Crippen molar-refractivity contribution in [2.45, 2.75) is 26.3 Å². The van der Waals surface area contributed by atoms with Gasteiger partial charge in [-0.15, -0.1) is 11.3 Å². The summed E-state index contributed by atoms with van der Waals surface area (Å²) >= 11 is 1.52. The molecule has 1 N–H and O–H groups in total. The highest BCUT2D eigenvalue weighted by atomic mass is 32.1. The number of aryl methyl sites for hydroxylation is 1. The summed E-state index contributed by atoms with van der Waals surface area (Å²) < 4.78 is 4.97. The lowest BCUT2D eigenvalue weighted by Crippen LogP contribution is -2.31. The van der Waals surface area contributed by atoms with Crippen LogP contribution in [-0.2, 0) is 4.74 Å². The van der Waals surface area contributed by atoms with Crippen molar-refractivity contribution in [1.29, 1.82) is 0 Å². The Morgan fingerprint density at radius 1 is 1.30 bits per heavy atom. The molecule has 2 aromatic rings. The number of imide groups is 1. The number of methoxy groups -OCH3 is 1. The molecule has 2 heterocycles. The maximum Gasteiger partial charge on any atom is 0.261 e. The average Bonchev–Trinajstić information content (AvgIpc) is 3.19. The van der Waals surface area contributed by atoms with E-state index < -0.39 is 0 Å². The van der Waals surface area contributed by atoms with Gasteiger partial charge in [0.15, 0.2) is 0 Å². The van der Waals surface area contributed by atoms with Crippen LogP contribution in [0.25, 0.3) is 0 Å². The number of amides is 3. The van der Waals surface area contributed by atoms with Gasteiger partial charge in [0, 0.05) is 31.2 Å². The summed E-state index contributed by atoms with van der Waals surface area (Å²) in [5.41, 5.74) is 1.73. The number of ether oxygens (including phenoxy) is 1. The normalized spacial score (nSPS) is 14.4. The molecule has 0 saturated heterocycles. The van der Waals surface area contributed by atoms with E-state index in [0.717, 1.165) is 10.7 Å². The van der Waals surface area contributed by atoms with Crippen molar-refractivity contribution in [2.75, 3.05) is 20.3 Å². The summed E-state index contributed by atoms with van der Waals surface area (Å²) in [6.45, 7) is 4.52. The Morgan fingerprint density at radius 2 is 2.04 bits per heavy atom. The second-order valence-electron chi connectivity index (χ2n) is 6.36. The van der Waals surface area contributed by atoms with Crippen molar-refractivity contribution in [3.63, 3.8) is 0 Å². The Hall–Kier alpha value is -2.58. The molecule has 0 saturated carbocycles. The molecule has 3 amide bonds. The van der Waals surface area contributed by atoms with Crippen molar-refractivity contribution in [2.24, 2.45) is 0 Å². The van der Waals surface area contributed by atoms with Crippen LogP contribution in [0.1, 0.15) is 61.2 Å². The van der Waals surface area contributed by atoms with E-state index in [1.54, 1.807) is 19.2 Å². The fourth-order valence-corrected chi connectivity index (χ4v) is 3.64. The minimum Gasteiger partial charge on any atom is -0.385 e. The van der Waals surface area contributed by atoms with Gasteiger partial charge in [0.1, 0.15) is 0 Å². The zero-order valence-electron chi connectivity index (χ0n) is 15.4. The van der Waals surface area contributed by atoms with Gasteiger partial charge in [-0.05, 0) is 38.5 Å². The molecule has 142 valence electrons. The van der Waals surface area contributed by atoms with Gasteiger partial charge in [-0.3, -0.25) is 19.3 Å². The number of nitrogens with zero attached hydrogens (tertiary/aromatic N) is 2. The smallest absolute Gasteiger partial charge is 0.261 e. The number of aromatic nitrogens is 1. The summed E-state index contributed by atoms with van der Waals surface area (Å²) in [4.78, 5) is 43.1. The van der Waals surface area contributed by atoms with Gasteiger partial charge < -0.3 is 10.1 Å². The van der Waals surface area contributed by atoms with Gasteiger partial charge in [-0.1, -0.05) is 0 Å². The number of hydrogen-bond acceptors (Lipinski definition) is 6. The van der Waals surface area contributed by atoms with E-state index >= 15 is 0 Å². The van der Waals surface area contributed by atoms with Crippen LogP contribution < -0.4 is 5.32 Å². The Bertz CT molecular complexity index is 893. The minimum absolute atomic E-state index is 0.251. The number of fused-ring (bicyclic) bond motifs is 1. The van der Waals surface area contributed by atoms with Gasteiger partial charge >= 0.3 is 0 Å². The Balaban J connectivity index is 1.74. The van der Waals surface area contributed by atoms with Crippen LogP contribution in [-0.4, -0.2) is 47.9 Å². The van der Waals surface area contributed by atoms with Gasteiger partial charge in [0.25, 0.3) is 17.7 Å². The maximum atomic E-state index is 12.6. The maximum absolute atomic E-state index is 12.6. The molecular weight excluding hydrogens is 366 g/mol. The van der Waals surface area contributed by atoms with E-state index in [2.05, 4.69) is 10.3 Å². The molecule has 7 nitrogen and oxygen atoms in total. The molecule has 1 aliphatic heterocycles. The first-order valence-electron chi connectivity index (χ1n) is 8.64. The summed E-state index contributed by atoms with van der Waals surface area (Å²) in [6.07, 6.45) is 0.569. The van der Waals surface area contributed by atoms with Crippen LogP contribution in [0.2, 0.25) is 0 Å². The predicted molar refractivity (Wildman–Crippen MR) is 101 cm³/mol. The molecule has 0 aliphatic carbocycles. The molecule has 1 aromatic carbocycles. The van der Waals surface area contributed by atoms with E-state index in [0.29, 0.717) is 30.7 Å². The Morgan fingerprint density at radius 3 is 2.70 bits per heavy atom. The zero-order valence-corrected chi connectivity index (χ0v) is 16.3. The molecule has 1 aliphatic rings. The van der Waals surface area contributed by atoms with E-state index in [4.69, 9.17) is 4.74 Å². The van der Waals surface area contributed by atoms with Gasteiger partial charge in [-0.2, -0.15) is 0 Å². The second-order valence-corrected chi connectivity index (χ2v) is 7.42. The van der Waals surface area contributed by atoms with Gasteiger partial charge in [-0.25, -0.2) is 4.98 Å². The standard InChI is InChI=1S/C19H21N3O4S/c1-11(16-10-27-12(2)21-16)20-17(23)13-5-6-14-15(9-13)19(25)22(18(14)24)7-4-8-26-3/h5-6,9-11H,4,7-8H2,1-3H3,(H,20,23). The quantitative estimate of drug-likeness (QED) is 0.583. The van der Waals surface area contributed by atoms with E-state index in [1.165, 1.54) is 22.3 Å². The van der Waals surface area contributed by atoms with Crippen molar-refractivity contribution < 1.29 is 19.1 Å². The molecule has 0 fully saturated rings. The highest BCUT2D eigenvalue weighted by molar-refractivity contribution is 7.09. The summed E-state index contributed by atoms with van der Waals surface area (Å²) in [7, 11) is 1.57. The molecule has 8 heteroatoms. The third-order valence-corrected chi connectivity index (χ3v) is 5.18. The van der Waals surface area contributed by atoms with E-state index in [-0.39, 0.29) is 29.3 Å². The van der Waals surface area contributed by atoms with Crippen molar-refractivity contribution in [3.8, 4) is 0 Å². The first-order valence-corrected chi connectivity index (χ1v) is 9.52. The number of hydrogen-bond donors (Lipinski definition) is 1. The highest BCUT2D eigenvalue weighted by Crippen LogP contribution is 2.25. The lowest BCUT2D eigenvalue weighted by Gasteiger charge is -2.13. The molecule has 27 heavy (non-hydrogen) atoms. The van der Waals surface area contributed by atoms with Crippen molar-refractivity contribution in [1.82, 2.24) is 15.2 Å². The minimum atomic E-state index is -0.371. The van der Waals surface area contributed by atoms with Crippen LogP contribution >= 0.6 is 11.3 Å². The molecular formula is C19H21N3O4S. The third kappa shape index (κ3) is 3.91. The lowest BCUT2D eigenvalue weighted by molar-refractivity contribution is 0.0638. The van der Waals surface area contributed by atoms with Gasteiger partial charge in [0.2, 0.25) is 0 Å². The Kier molecular flexibility index (Phi) is 5.67. The third-order valence-electron chi connectivity index (χ3n) is 4.39. The number of benzene rings is 1. The fourth-order valence-electron chi connectivity index (χ4n) is 2.94. The number of rotatable bonds is 7. The summed E-state index contributed by atoms with van der Waals surface area (Å²) in [5, 5.41) is 5.71. The van der Waals surface area contributed by atoms with E-state index in [1.807, 2.05) is 19.2 Å². The van der Waals surface area contributed by atoms with Crippen LogP contribution in [0, 0.1) is 6.92 Å². The molecule has 1 aromatic heterocycles. The monoisotopic (exact) mass is 387 g/mol. The number of carbonyl (C=O) groups excluding carboxylic acids is 3. The molecule has 0 bridgehead atoms. The topological polar surface area (TPSA) is 88.6 Å². The molecule has 1 atom stereocenters. The highest BCUT2D eigenvalue weighted by Gasteiger charge is 2.35. The molecule has 1 unspecified atom stereocenters. The van der Waals surface area contributed by atoms with Crippen LogP contribution in [0.3, 0.4) is 0 Å². The predicted octanol–water partition coefficient (Wildman–Crippen LogP) is 2.58. The number of carbonyl (C=O) groups is 3. The van der Waals surface area contributed by atoms with E-state index in [9.17, 15) is 14.4 Å². The second kappa shape index (κ2) is 7.98. The van der Waals surface area contributed by atoms with Crippen molar-refractivity contribution in [3.05, 3.63) is 51.0 Å². The van der Waals surface area contributed by atoms with Crippen LogP contribution in [0.4, 0.5) is 0 Å². The first kappa shape index (κ1) is 19.2. The van der Waals surface area contributed by atoms with Crippen molar-refractivity contribution >= 4 is 29.1 Å². The average molecular weight is 387 g/mol. The molecule has 0 radical (unpaired) electrons. The largest absolute Gasteiger partial charge is 0.385 e. The first-order chi connectivity index (χ1) is 12.9. The number of thiazole rings is 1. The summed E-state index contributed by atoms with van der Waals surface area (Å²) in [6, 6.07) is 4.34. The fraction of sp³-hybridized carbons (Fsp3) is 0.368. The zero-order chi connectivity index (χ0) is 19.6. The number of nitrogens with one attached hydrogen (secondary N) is 1. The van der Waals surface area contributed by atoms with Gasteiger partial charge in [0.05, 0.1) is 27.9 Å². The van der Waals surface area contributed by atoms with Crippen LogP contribution in [0.5, 0.6) is 0 Å². The van der Waals surface area contributed by atoms with Crippen LogP contribution in [0.15, 0.2) is 23.6 Å². The lowest BCUT2D eigenvalue weighted by atomic mass is 10.0.